The second-order valence-corrected chi connectivity index (χ2v) is 23.1. The number of aromatic hydroxyl groups is 1. The van der Waals surface area contributed by atoms with Crippen LogP contribution in [0.5, 0.6) is 5.75 Å². The molecule has 22 nitrogen and oxygen atoms in total. The number of rotatable bonds is 35. The first kappa shape index (κ1) is 67.2. The van der Waals surface area contributed by atoms with Gasteiger partial charge >= 0.3 is 5.97 Å². The zero-order valence-corrected chi connectivity index (χ0v) is 48.2. The third-order valence-corrected chi connectivity index (χ3v) is 14.7. The highest BCUT2D eigenvalue weighted by Gasteiger charge is 2.43. The minimum Gasteiger partial charge on any atom is -0.508 e. The van der Waals surface area contributed by atoms with Gasteiger partial charge in [0.25, 0.3) is 0 Å². The molecule has 1 aromatic rings. The van der Waals surface area contributed by atoms with Crippen molar-refractivity contribution in [3.05, 3.63) is 29.8 Å². The number of benzene rings is 1. The average Bonchev–Trinajstić information content (AvgIpc) is 4.08. The Morgan fingerprint density at radius 2 is 1.38 bits per heavy atom. The van der Waals surface area contributed by atoms with Gasteiger partial charge in [0.15, 0.2) is 23.3 Å². The molecule has 442 valence electrons. The number of aliphatic imine (C=N–C) groups is 1. The van der Waals surface area contributed by atoms with E-state index < -0.39 is 106 Å². The molecular formula is C56H90N10O12S. The second-order valence-electron chi connectivity index (χ2n) is 22.6. The SMILES string of the molecule is CC(=O)N[C@@H](CCCCNC(=O)CCS)C(=O)N1CCC[C@H]1C(=O)N[C@H](CCCN)C(=O)C[C@@H](CCCN=C(N)N)C(=O)N1CCC[C@H]1C(=O)C[C@@H](Cc1ccc(O)cc1)C(=O)N[C@H](C(=O)C[C@@H](CC(C)C)C(=O)O)C(C)(C)C. The van der Waals surface area contributed by atoms with Crippen LogP contribution < -0.4 is 38.5 Å². The van der Waals surface area contributed by atoms with E-state index in [0.717, 1.165) is 0 Å². The number of nitrogens with zero attached hydrogens (tertiary/aromatic N) is 3. The number of amides is 6. The third-order valence-electron chi connectivity index (χ3n) is 14.5. The van der Waals surface area contributed by atoms with Crippen LogP contribution in [-0.2, 0) is 54.4 Å². The number of carbonyl (C=O) groups is 10. The lowest BCUT2D eigenvalue weighted by Gasteiger charge is -2.33. The Morgan fingerprint density at radius 1 is 0.759 bits per heavy atom. The maximum absolute atomic E-state index is 14.8. The number of hydrogen-bond donors (Lipinski definition) is 10. The number of aliphatic carboxylic acids is 1. The summed E-state index contributed by atoms with van der Waals surface area (Å²) in [6, 6.07) is 1.05. The Balaban J connectivity index is 1.88. The van der Waals surface area contributed by atoms with Gasteiger partial charge in [0.2, 0.25) is 35.4 Å². The van der Waals surface area contributed by atoms with Crippen molar-refractivity contribution in [1.82, 2.24) is 31.1 Å². The van der Waals surface area contributed by atoms with Gasteiger partial charge in [-0.05, 0) is 125 Å². The first-order valence-corrected chi connectivity index (χ1v) is 28.6. The number of likely N-dealkylation sites (tertiary alicyclic amines) is 2. The van der Waals surface area contributed by atoms with Crippen LogP contribution in [0.2, 0.25) is 0 Å². The van der Waals surface area contributed by atoms with Crippen molar-refractivity contribution in [3.8, 4) is 5.75 Å². The van der Waals surface area contributed by atoms with E-state index in [1.54, 1.807) is 32.9 Å². The molecule has 0 bridgehead atoms. The third kappa shape index (κ3) is 22.9. The standard InChI is InChI=1S/C56H90N10O12S/c1-34(2)29-39(54(77)78)33-47(71)49(56(4,5)6)64-50(73)38(30-36-18-20-40(68)21-19-36)32-46(70)43-16-11-26-65(43)52(75)37(13-10-25-61-55(58)59)31-45(69)41(15-9-23-57)63-51(74)44-17-12-27-66(44)53(76)42(62-35(3)67)14-7-8-24-60-48(72)22-28-79/h18-21,34,37-39,41-44,49,68,79H,7-17,22-33,57H2,1-6H3,(H,60,72)(H,62,67)(H,63,74)(H,64,73)(H,77,78)(H4,58,59,61)/t37-,38-,39-,41-,42+,43+,44+,49-/m1/s1. The number of hydrogen-bond acceptors (Lipinski definition) is 14. The molecule has 2 fully saturated rings. The fourth-order valence-corrected chi connectivity index (χ4v) is 10.6. The van der Waals surface area contributed by atoms with Gasteiger partial charge in [0.1, 0.15) is 17.8 Å². The smallest absolute Gasteiger partial charge is 0.306 e. The summed E-state index contributed by atoms with van der Waals surface area (Å²) in [5.74, 6) is -7.94. The number of thiol groups is 1. The van der Waals surface area contributed by atoms with Crippen molar-refractivity contribution < 1.29 is 58.2 Å². The molecule has 12 N–H and O–H groups in total. The number of ketones is 3. The first-order valence-electron chi connectivity index (χ1n) is 28.0. The summed E-state index contributed by atoms with van der Waals surface area (Å²) in [6.45, 7) is 11.4. The van der Waals surface area contributed by atoms with Crippen molar-refractivity contribution in [2.45, 2.75) is 181 Å². The van der Waals surface area contributed by atoms with E-state index in [1.807, 2.05) is 13.8 Å². The molecule has 2 heterocycles. The number of guanidine groups is 1. The van der Waals surface area contributed by atoms with Crippen LogP contribution in [0.25, 0.3) is 0 Å². The second kappa shape index (κ2) is 33.5. The number of carboxylic acids is 1. The van der Waals surface area contributed by atoms with Crippen molar-refractivity contribution in [3.63, 3.8) is 0 Å². The summed E-state index contributed by atoms with van der Waals surface area (Å²) in [4.78, 5) is 144. The van der Waals surface area contributed by atoms with Gasteiger partial charge in [-0.15, -0.1) is 0 Å². The van der Waals surface area contributed by atoms with E-state index in [9.17, 15) is 58.2 Å². The molecule has 0 spiro atoms. The summed E-state index contributed by atoms with van der Waals surface area (Å²) in [5.41, 5.74) is 16.9. The van der Waals surface area contributed by atoms with Crippen LogP contribution in [-0.4, -0.2) is 153 Å². The predicted octanol–water partition coefficient (Wildman–Crippen LogP) is 2.69. The molecule has 2 aliphatic heterocycles. The molecular weight excluding hydrogens is 1040 g/mol. The Morgan fingerprint density at radius 3 is 1.96 bits per heavy atom. The van der Waals surface area contributed by atoms with Gasteiger partial charge in [0.05, 0.1) is 24.0 Å². The van der Waals surface area contributed by atoms with Crippen molar-refractivity contribution in [1.29, 1.82) is 0 Å². The number of nitrogens with two attached hydrogens (primary N) is 3. The number of nitrogens with one attached hydrogen (secondary N) is 4. The monoisotopic (exact) mass is 1130 g/mol. The first-order chi connectivity index (χ1) is 37.3. The summed E-state index contributed by atoms with van der Waals surface area (Å²) in [5, 5.41) is 31.2. The summed E-state index contributed by atoms with van der Waals surface area (Å²) in [6.07, 6.45) is 3.23. The van der Waals surface area contributed by atoms with Crippen LogP contribution in [0, 0.1) is 29.1 Å². The number of phenolic OH excluding ortho intramolecular Hbond substituents is 1. The summed E-state index contributed by atoms with van der Waals surface area (Å²) < 4.78 is 0. The summed E-state index contributed by atoms with van der Waals surface area (Å²) in [7, 11) is 0. The molecule has 0 unspecified atom stereocenters. The molecule has 2 aliphatic rings. The molecule has 6 amide bonds. The number of carbonyl (C=O) groups excluding carboxylic acids is 9. The largest absolute Gasteiger partial charge is 0.508 e. The van der Waals surface area contributed by atoms with E-state index in [0.29, 0.717) is 56.4 Å². The van der Waals surface area contributed by atoms with Gasteiger partial charge in [-0.1, -0.05) is 46.8 Å². The lowest BCUT2D eigenvalue weighted by atomic mass is 9.80. The lowest BCUT2D eigenvalue weighted by Crippen LogP contribution is -2.55. The Labute approximate surface area is 471 Å². The normalized spacial score (nSPS) is 17.6. The van der Waals surface area contributed by atoms with Crippen molar-refractivity contribution in [2.24, 2.45) is 51.3 Å². The molecule has 1 aromatic carbocycles. The van der Waals surface area contributed by atoms with E-state index in [4.69, 9.17) is 17.2 Å². The molecule has 8 atom stereocenters. The van der Waals surface area contributed by atoms with Gasteiger partial charge < -0.3 is 58.5 Å². The van der Waals surface area contributed by atoms with E-state index in [-0.39, 0.29) is 120 Å². The van der Waals surface area contributed by atoms with Crippen LogP contribution in [0.15, 0.2) is 29.3 Å². The number of phenols is 1. The van der Waals surface area contributed by atoms with E-state index in [2.05, 4.69) is 38.9 Å². The number of Topliss-reactive ketones (excluding diaryl/α,β-unsaturated/α-hetero) is 3. The lowest BCUT2D eigenvalue weighted by molar-refractivity contribution is -0.145. The molecule has 0 radical (unpaired) electrons. The van der Waals surface area contributed by atoms with Crippen molar-refractivity contribution >= 4 is 77.4 Å². The molecule has 23 heteroatoms. The van der Waals surface area contributed by atoms with Gasteiger partial charge in [-0.2, -0.15) is 12.6 Å². The van der Waals surface area contributed by atoms with Crippen molar-refractivity contribution in [2.75, 3.05) is 38.5 Å². The highest BCUT2D eigenvalue weighted by atomic mass is 32.1. The van der Waals surface area contributed by atoms with E-state index >= 15 is 0 Å². The van der Waals surface area contributed by atoms with Crippen LogP contribution in [0.1, 0.15) is 150 Å². The zero-order valence-electron chi connectivity index (χ0n) is 47.3. The molecule has 0 saturated carbocycles. The Hall–Kier alpha value is -6.10. The van der Waals surface area contributed by atoms with Crippen LogP contribution >= 0.6 is 12.6 Å². The number of unbranched alkanes of at least 4 members (excludes halogenated alkanes) is 1. The average molecular weight is 1130 g/mol. The highest BCUT2D eigenvalue weighted by Crippen LogP contribution is 2.30. The molecule has 3 rings (SSSR count). The number of carboxylic acid groups (broad SMARTS) is 1. The summed E-state index contributed by atoms with van der Waals surface area (Å²) >= 11 is 4.07. The van der Waals surface area contributed by atoms with E-state index in [1.165, 1.54) is 28.9 Å². The topological polar surface area (TPSA) is 356 Å². The fraction of sp³-hybridized carbons (Fsp3) is 0.696. The Kier molecular flexibility index (Phi) is 28.5. The maximum Gasteiger partial charge on any atom is 0.306 e. The molecule has 0 aliphatic carbocycles. The van der Waals surface area contributed by atoms with Gasteiger partial charge in [-0.25, -0.2) is 0 Å². The highest BCUT2D eigenvalue weighted by molar-refractivity contribution is 7.80. The minimum atomic E-state index is -1.12. The predicted molar refractivity (Wildman–Crippen MR) is 302 cm³/mol. The zero-order chi connectivity index (χ0) is 59.0. The molecule has 2 saturated heterocycles. The molecule has 79 heavy (non-hydrogen) atoms. The maximum atomic E-state index is 14.8. The Bertz CT molecular complexity index is 2270. The quantitative estimate of drug-likeness (QED) is 0.0202. The van der Waals surface area contributed by atoms with Gasteiger partial charge in [-0.3, -0.25) is 52.9 Å². The molecule has 0 aromatic heterocycles. The van der Waals surface area contributed by atoms with Crippen LogP contribution in [0.4, 0.5) is 0 Å². The minimum absolute atomic E-state index is 0.00363. The van der Waals surface area contributed by atoms with Gasteiger partial charge in [0, 0.05) is 70.6 Å². The van der Waals surface area contributed by atoms with Crippen LogP contribution in [0.3, 0.4) is 0 Å². The fourth-order valence-electron chi connectivity index (χ4n) is 10.4.